The van der Waals surface area contributed by atoms with E-state index in [1.54, 1.807) is 11.8 Å². The van der Waals surface area contributed by atoms with Gasteiger partial charge in [0.05, 0.1) is 16.7 Å². The standard InChI is InChI=1S/C24H25N3OS/c25-18-21-22(29-17-16-27-14-8-3-9-15-27)26-23(28)24(21,19-10-4-1-5-11-19)20-12-6-2-7-13-20/h1-2,4-7,10-13H,3,8-9,14-17H2,(H,26,28). The molecule has 29 heavy (non-hydrogen) atoms. The third-order valence-corrected chi connectivity index (χ3v) is 6.78. The summed E-state index contributed by atoms with van der Waals surface area (Å²) < 4.78 is 0. The predicted octanol–water partition coefficient (Wildman–Crippen LogP) is 4.06. The molecule has 5 heteroatoms. The minimum absolute atomic E-state index is 0.146. The molecule has 0 unspecified atom stereocenters. The van der Waals surface area contributed by atoms with E-state index < -0.39 is 5.41 Å². The average Bonchev–Trinajstić information content (AvgIpc) is 3.07. The van der Waals surface area contributed by atoms with Crippen molar-refractivity contribution in [1.82, 2.24) is 10.2 Å². The van der Waals surface area contributed by atoms with Crippen LogP contribution in [0.15, 0.2) is 71.3 Å². The maximum absolute atomic E-state index is 13.4. The summed E-state index contributed by atoms with van der Waals surface area (Å²) in [5.41, 5.74) is 1.06. The van der Waals surface area contributed by atoms with Gasteiger partial charge in [-0.25, -0.2) is 0 Å². The maximum Gasteiger partial charge on any atom is 0.245 e. The summed E-state index contributed by atoms with van der Waals surface area (Å²) in [6, 6.07) is 21.7. The Labute approximate surface area is 176 Å². The molecule has 2 aromatic rings. The molecule has 148 valence electrons. The minimum atomic E-state index is -1.09. The molecule has 0 aromatic heterocycles. The Morgan fingerprint density at radius 1 is 0.966 bits per heavy atom. The van der Waals surface area contributed by atoms with Crippen LogP contribution < -0.4 is 5.32 Å². The zero-order valence-electron chi connectivity index (χ0n) is 16.4. The number of hydrogen-bond acceptors (Lipinski definition) is 4. The molecule has 1 saturated heterocycles. The Morgan fingerprint density at radius 2 is 1.55 bits per heavy atom. The molecule has 0 saturated carbocycles. The molecule has 4 nitrogen and oxygen atoms in total. The van der Waals surface area contributed by atoms with Crippen molar-refractivity contribution in [3.05, 3.63) is 82.4 Å². The van der Waals surface area contributed by atoms with Crippen molar-refractivity contribution in [3.8, 4) is 6.07 Å². The zero-order valence-corrected chi connectivity index (χ0v) is 17.3. The number of nitriles is 1. The smallest absolute Gasteiger partial charge is 0.245 e. The monoisotopic (exact) mass is 403 g/mol. The lowest BCUT2D eigenvalue weighted by Gasteiger charge is -2.28. The van der Waals surface area contributed by atoms with Gasteiger partial charge in [-0.2, -0.15) is 5.26 Å². The van der Waals surface area contributed by atoms with Crippen LogP contribution in [0.1, 0.15) is 30.4 Å². The summed E-state index contributed by atoms with van der Waals surface area (Å²) >= 11 is 1.59. The third-order valence-electron chi connectivity index (χ3n) is 5.80. The van der Waals surface area contributed by atoms with Gasteiger partial charge < -0.3 is 10.2 Å². The number of likely N-dealkylation sites (tertiary alicyclic amines) is 1. The number of carbonyl (C=O) groups excluding carboxylic acids is 1. The van der Waals surface area contributed by atoms with Crippen LogP contribution in [0, 0.1) is 11.3 Å². The molecule has 1 N–H and O–H groups in total. The van der Waals surface area contributed by atoms with Crippen LogP contribution in [0.25, 0.3) is 0 Å². The summed E-state index contributed by atoms with van der Waals surface area (Å²) in [4.78, 5) is 15.9. The molecule has 1 amide bonds. The van der Waals surface area contributed by atoms with E-state index >= 15 is 0 Å². The molecule has 0 bridgehead atoms. The van der Waals surface area contributed by atoms with E-state index in [2.05, 4.69) is 16.3 Å². The largest absolute Gasteiger partial charge is 0.318 e. The summed E-state index contributed by atoms with van der Waals surface area (Å²) in [5, 5.41) is 13.9. The van der Waals surface area contributed by atoms with E-state index in [4.69, 9.17) is 0 Å². The summed E-state index contributed by atoms with van der Waals surface area (Å²) in [6.45, 7) is 3.27. The molecule has 2 aliphatic heterocycles. The van der Waals surface area contributed by atoms with Gasteiger partial charge in [-0.05, 0) is 37.1 Å². The van der Waals surface area contributed by atoms with Crippen LogP contribution >= 0.6 is 11.8 Å². The van der Waals surface area contributed by atoms with Crippen LogP contribution in [0.5, 0.6) is 0 Å². The van der Waals surface area contributed by atoms with Crippen LogP contribution in [-0.4, -0.2) is 36.2 Å². The number of piperidine rings is 1. The first kappa shape index (κ1) is 19.8. The van der Waals surface area contributed by atoms with E-state index in [-0.39, 0.29) is 5.91 Å². The Morgan fingerprint density at radius 3 is 2.10 bits per heavy atom. The summed E-state index contributed by atoms with van der Waals surface area (Å²) in [5.74, 6) is 0.715. The van der Waals surface area contributed by atoms with E-state index in [1.165, 1.54) is 19.3 Å². The molecule has 4 rings (SSSR count). The number of rotatable bonds is 6. The highest BCUT2D eigenvalue weighted by Gasteiger charge is 2.52. The molecule has 2 aliphatic rings. The molecular formula is C24H25N3OS. The second kappa shape index (κ2) is 8.86. The van der Waals surface area contributed by atoms with Crippen molar-refractivity contribution in [3.63, 3.8) is 0 Å². The molecular weight excluding hydrogens is 378 g/mol. The second-order valence-electron chi connectivity index (χ2n) is 7.50. The number of amides is 1. The SMILES string of the molecule is N#CC1=C(SCCN2CCCCC2)NC(=O)C1(c1ccccc1)c1ccccc1. The molecule has 0 spiro atoms. The van der Waals surface area contributed by atoms with Crippen molar-refractivity contribution in [2.24, 2.45) is 0 Å². The Bertz CT molecular complexity index is 888. The number of benzene rings is 2. The fraction of sp³-hybridized carbons (Fsp3) is 0.333. The number of nitrogens with zero attached hydrogens (tertiary/aromatic N) is 2. The molecule has 0 radical (unpaired) electrons. The van der Waals surface area contributed by atoms with Crippen molar-refractivity contribution >= 4 is 17.7 Å². The summed E-state index contributed by atoms with van der Waals surface area (Å²) in [6.07, 6.45) is 3.84. The highest BCUT2D eigenvalue weighted by molar-refractivity contribution is 8.03. The topological polar surface area (TPSA) is 56.1 Å². The fourth-order valence-corrected chi connectivity index (χ4v) is 5.40. The van der Waals surface area contributed by atoms with Crippen molar-refractivity contribution in [2.45, 2.75) is 24.7 Å². The normalized spacial score (nSPS) is 19.1. The second-order valence-corrected chi connectivity index (χ2v) is 8.61. The predicted molar refractivity (Wildman–Crippen MR) is 117 cm³/mol. The number of carbonyl (C=O) groups is 1. The Hall–Kier alpha value is -2.55. The number of nitrogens with one attached hydrogen (secondary N) is 1. The van der Waals surface area contributed by atoms with Gasteiger partial charge in [0.1, 0.15) is 5.41 Å². The van der Waals surface area contributed by atoms with Crippen LogP contribution in [-0.2, 0) is 10.2 Å². The van der Waals surface area contributed by atoms with Gasteiger partial charge in [-0.15, -0.1) is 11.8 Å². The quantitative estimate of drug-likeness (QED) is 0.790. The Balaban J connectivity index is 1.68. The Kier molecular flexibility index (Phi) is 6.03. The number of hydrogen-bond donors (Lipinski definition) is 1. The van der Waals surface area contributed by atoms with Gasteiger partial charge >= 0.3 is 0 Å². The molecule has 0 aliphatic carbocycles. The van der Waals surface area contributed by atoms with Gasteiger partial charge in [0.2, 0.25) is 5.91 Å². The van der Waals surface area contributed by atoms with Gasteiger partial charge in [0.25, 0.3) is 0 Å². The lowest BCUT2D eigenvalue weighted by Crippen LogP contribution is -2.39. The van der Waals surface area contributed by atoms with E-state index in [9.17, 15) is 10.1 Å². The molecule has 1 fully saturated rings. The molecule has 2 aromatic carbocycles. The first-order valence-electron chi connectivity index (χ1n) is 10.2. The van der Waals surface area contributed by atoms with Gasteiger partial charge in [0, 0.05) is 12.3 Å². The molecule has 0 atom stereocenters. The maximum atomic E-state index is 13.4. The van der Waals surface area contributed by atoms with E-state index in [0.29, 0.717) is 10.6 Å². The van der Waals surface area contributed by atoms with Gasteiger partial charge in [-0.3, -0.25) is 4.79 Å². The van der Waals surface area contributed by atoms with E-state index in [0.717, 1.165) is 36.5 Å². The molecule has 2 heterocycles. The van der Waals surface area contributed by atoms with Crippen molar-refractivity contribution < 1.29 is 4.79 Å². The summed E-state index contributed by atoms with van der Waals surface area (Å²) in [7, 11) is 0. The first-order valence-corrected chi connectivity index (χ1v) is 11.2. The lowest BCUT2D eigenvalue weighted by molar-refractivity contribution is -0.122. The van der Waals surface area contributed by atoms with Crippen molar-refractivity contribution in [2.75, 3.05) is 25.4 Å². The minimum Gasteiger partial charge on any atom is -0.318 e. The van der Waals surface area contributed by atoms with Gasteiger partial charge in [-0.1, -0.05) is 67.1 Å². The van der Waals surface area contributed by atoms with Crippen LogP contribution in [0.2, 0.25) is 0 Å². The third kappa shape index (κ3) is 3.71. The average molecular weight is 404 g/mol. The van der Waals surface area contributed by atoms with Crippen LogP contribution in [0.4, 0.5) is 0 Å². The highest BCUT2D eigenvalue weighted by atomic mass is 32.2. The lowest BCUT2D eigenvalue weighted by atomic mass is 9.70. The van der Waals surface area contributed by atoms with Gasteiger partial charge in [0.15, 0.2) is 0 Å². The highest BCUT2D eigenvalue weighted by Crippen LogP contribution is 2.46. The van der Waals surface area contributed by atoms with Crippen LogP contribution in [0.3, 0.4) is 0 Å². The van der Waals surface area contributed by atoms with Crippen molar-refractivity contribution in [1.29, 1.82) is 5.26 Å². The zero-order chi connectivity index (χ0) is 20.1. The number of thioether (sulfide) groups is 1. The first-order chi connectivity index (χ1) is 14.3. The fourth-order valence-electron chi connectivity index (χ4n) is 4.34. The van der Waals surface area contributed by atoms with E-state index in [1.807, 2.05) is 60.7 Å².